The van der Waals surface area contributed by atoms with E-state index in [1.54, 1.807) is 0 Å². The molecule has 0 saturated heterocycles. The standard InChI is InChI=1S/C10H12N4O4/c11-8(15)2-1-7(10(17)18)14-9(16)6-3-4-12-13-5-6/h3-5,7H,1-2H2,(H2,11,15)(H,14,16)(H,17,18). The number of nitrogens with one attached hydrogen (secondary N) is 1. The van der Waals surface area contributed by atoms with E-state index in [0.29, 0.717) is 0 Å². The Morgan fingerprint density at radius 1 is 1.39 bits per heavy atom. The average molecular weight is 252 g/mol. The highest BCUT2D eigenvalue weighted by Crippen LogP contribution is 2.01. The molecule has 0 aliphatic heterocycles. The van der Waals surface area contributed by atoms with E-state index in [9.17, 15) is 14.4 Å². The maximum atomic E-state index is 11.6. The molecule has 0 spiro atoms. The molecule has 0 fully saturated rings. The fourth-order valence-corrected chi connectivity index (χ4v) is 1.21. The van der Waals surface area contributed by atoms with E-state index in [2.05, 4.69) is 15.5 Å². The lowest BCUT2D eigenvalue weighted by Gasteiger charge is -2.13. The van der Waals surface area contributed by atoms with Gasteiger partial charge in [-0.3, -0.25) is 9.59 Å². The maximum absolute atomic E-state index is 11.6. The minimum atomic E-state index is -1.23. The van der Waals surface area contributed by atoms with Gasteiger partial charge in [0.2, 0.25) is 5.91 Å². The number of nitrogens with zero attached hydrogens (tertiary/aromatic N) is 2. The van der Waals surface area contributed by atoms with E-state index in [-0.39, 0.29) is 18.4 Å². The fraction of sp³-hybridized carbons (Fsp3) is 0.300. The molecule has 0 saturated carbocycles. The van der Waals surface area contributed by atoms with Gasteiger partial charge < -0.3 is 16.2 Å². The molecule has 1 heterocycles. The third-order valence-corrected chi connectivity index (χ3v) is 2.13. The molecule has 1 rings (SSSR count). The zero-order valence-corrected chi connectivity index (χ0v) is 9.37. The minimum absolute atomic E-state index is 0.0606. The van der Waals surface area contributed by atoms with Crippen molar-refractivity contribution >= 4 is 17.8 Å². The Labute approximate surface area is 102 Å². The van der Waals surface area contributed by atoms with Crippen molar-refractivity contribution in [3.63, 3.8) is 0 Å². The van der Waals surface area contributed by atoms with Crippen molar-refractivity contribution in [2.75, 3.05) is 0 Å². The van der Waals surface area contributed by atoms with Crippen LogP contribution in [0.1, 0.15) is 23.2 Å². The predicted molar refractivity (Wildman–Crippen MR) is 59.4 cm³/mol. The molecule has 0 aliphatic carbocycles. The summed E-state index contributed by atoms with van der Waals surface area (Å²) in [6.07, 6.45) is 2.34. The lowest BCUT2D eigenvalue weighted by Crippen LogP contribution is -2.41. The lowest BCUT2D eigenvalue weighted by molar-refractivity contribution is -0.139. The van der Waals surface area contributed by atoms with Crippen molar-refractivity contribution in [3.8, 4) is 0 Å². The van der Waals surface area contributed by atoms with Crippen LogP contribution in [0.15, 0.2) is 18.5 Å². The number of carboxylic acid groups (broad SMARTS) is 1. The summed E-state index contributed by atoms with van der Waals surface area (Å²) in [4.78, 5) is 33.1. The summed E-state index contributed by atoms with van der Waals surface area (Å²) in [6.45, 7) is 0. The first-order chi connectivity index (χ1) is 8.50. The van der Waals surface area contributed by atoms with E-state index >= 15 is 0 Å². The first-order valence-electron chi connectivity index (χ1n) is 5.09. The number of hydrogen-bond acceptors (Lipinski definition) is 5. The lowest BCUT2D eigenvalue weighted by atomic mass is 10.1. The minimum Gasteiger partial charge on any atom is -0.480 e. The van der Waals surface area contributed by atoms with Crippen LogP contribution in [0.5, 0.6) is 0 Å². The van der Waals surface area contributed by atoms with E-state index in [4.69, 9.17) is 10.8 Å². The number of nitrogens with two attached hydrogens (primary N) is 1. The molecule has 4 N–H and O–H groups in total. The van der Waals surface area contributed by atoms with Crippen LogP contribution in [-0.2, 0) is 9.59 Å². The first-order valence-corrected chi connectivity index (χ1v) is 5.09. The fourth-order valence-electron chi connectivity index (χ4n) is 1.21. The number of aliphatic carboxylic acids is 1. The molecule has 0 aliphatic rings. The number of hydrogen-bond donors (Lipinski definition) is 3. The van der Waals surface area contributed by atoms with Crippen LogP contribution in [0.25, 0.3) is 0 Å². The summed E-state index contributed by atoms with van der Waals surface area (Å²) >= 11 is 0. The molecule has 0 bridgehead atoms. The largest absolute Gasteiger partial charge is 0.480 e. The smallest absolute Gasteiger partial charge is 0.326 e. The van der Waals surface area contributed by atoms with E-state index in [1.165, 1.54) is 18.5 Å². The van der Waals surface area contributed by atoms with Gasteiger partial charge in [0.05, 0.1) is 18.0 Å². The van der Waals surface area contributed by atoms with Crippen LogP contribution in [0, 0.1) is 0 Å². The molecule has 96 valence electrons. The molecule has 0 aromatic carbocycles. The summed E-state index contributed by atoms with van der Waals surface area (Å²) in [7, 11) is 0. The Kier molecular flexibility index (Phi) is 4.73. The summed E-state index contributed by atoms with van der Waals surface area (Å²) in [5, 5.41) is 18.2. The van der Waals surface area contributed by atoms with Crippen LogP contribution in [-0.4, -0.2) is 39.1 Å². The van der Waals surface area contributed by atoms with Gasteiger partial charge >= 0.3 is 5.97 Å². The monoisotopic (exact) mass is 252 g/mol. The van der Waals surface area contributed by atoms with Crippen molar-refractivity contribution in [2.24, 2.45) is 5.73 Å². The quantitative estimate of drug-likeness (QED) is 0.589. The second kappa shape index (κ2) is 6.28. The highest BCUT2D eigenvalue weighted by atomic mass is 16.4. The third kappa shape index (κ3) is 4.16. The summed E-state index contributed by atoms with van der Waals surface area (Å²) in [5.41, 5.74) is 5.11. The second-order valence-electron chi connectivity index (χ2n) is 3.50. The SMILES string of the molecule is NC(=O)CCC(NC(=O)c1ccnnc1)C(=O)O. The second-order valence-corrected chi connectivity index (χ2v) is 3.50. The number of primary amides is 1. The van der Waals surface area contributed by atoms with Crippen LogP contribution in [0.2, 0.25) is 0 Å². The van der Waals surface area contributed by atoms with Crippen LogP contribution >= 0.6 is 0 Å². The van der Waals surface area contributed by atoms with Crippen molar-refractivity contribution in [3.05, 3.63) is 24.0 Å². The third-order valence-electron chi connectivity index (χ3n) is 2.13. The Bertz CT molecular complexity index is 448. The Morgan fingerprint density at radius 3 is 2.61 bits per heavy atom. The molecule has 1 aromatic rings. The molecule has 2 amide bonds. The number of aromatic nitrogens is 2. The number of amides is 2. The summed E-state index contributed by atoms with van der Waals surface area (Å²) in [6, 6.07) is 0.230. The highest BCUT2D eigenvalue weighted by Gasteiger charge is 2.21. The molecule has 18 heavy (non-hydrogen) atoms. The van der Waals surface area contributed by atoms with E-state index in [0.717, 1.165) is 0 Å². The normalized spacial score (nSPS) is 11.6. The zero-order valence-electron chi connectivity index (χ0n) is 9.37. The van der Waals surface area contributed by atoms with Gasteiger partial charge in [-0.25, -0.2) is 4.79 Å². The van der Waals surface area contributed by atoms with Crippen molar-refractivity contribution in [2.45, 2.75) is 18.9 Å². The highest BCUT2D eigenvalue weighted by molar-refractivity contribution is 5.96. The van der Waals surface area contributed by atoms with Gasteiger partial charge in [-0.15, -0.1) is 0 Å². The van der Waals surface area contributed by atoms with E-state index < -0.39 is 23.8 Å². The Morgan fingerprint density at radius 2 is 2.11 bits per heavy atom. The molecule has 1 unspecified atom stereocenters. The molecule has 0 radical (unpaired) electrons. The van der Waals surface area contributed by atoms with Gasteiger partial charge in [-0.1, -0.05) is 0 Å². The van der Waals surface area contributed by atoms with Gasteiger partial charge in [0, 0.05) is 6.42 Å². The van der Waals surface area contributed by atoms with Gasteiger partial charge in [0.1, 0.15) is 6.04 Å². The van der Waals surface area contributed by atoms with Crippen molar-refractivity contribution < 1.29 is 19.5 Å². The Hall–Kier alpha value is -2.51. The summed E-state index contributed by atoms with van der Waals surface area (Å²) in [5.74, 6) is -2.45. The van der Waals surface area contributed by atoms with Crippen LogP contribution in [0.4, 0.5) is 0 Å². The maximum Gasteiger partial charge on any atom is 0.326 e. The molecule has 8 nitrogen and oxygen atoms in total. The summed E-state index contributed by atoms with van der Waals surface area (Å²) < 4.78 is 0. The average Bonchev–Trinajstić information content (AvgIpc) is 2.34. The van der Waals surface area contributed by atoms with Gasteiger partial charge in [0.25, 0.3) is 5.91 Å². The first kappa shape index (κ1) is 13.6. The molecule has 1 atom stereocenters. The predicted octanol–water partition coefficient (Wildman–Crippen LogP) is -1.07. The molecule has 1 aromatic heterocycles. The Balaban J connectivity index is 2.64. The molecular weight excluding hydrogens is 240 g/mol. The topological polar surface area (TPSA) is 135 Å². The molecular formula is C10H12N4O4. The number of carbonyl (C=O) groups excluding carboxylic acids is 2. The van der Waals surface area contributed by atoms with Crippen LogP contribution in [0.3, 0.4) is 0 Å². The van der Waals surface area contributed by atoms with Gasteiger partial charge in [-0.2, -0.15) is 10.2 Å². The number of rotatable bonds is 6. The van der Waals surface area contributed by atoms with Crippen LogP contribution < -0.4 is 11.1 Å². The number of carboxylic acids is 1. The van der Waals surface area contributed by atoms with Crippen molar-refractivity contribution in [1.29, 1.82) is 0 Å². The molecule has 8 heteroatoms. The number of carbonyl (C=O) groups is 3. The van der Waals surface area contributed by atoms with Crippen molar-refractivity contribution in [1.82, 2.24) is 15.5 Å². The van der Waals surface area contributed by atoms with Gasteiger partial charge in [-0.05, 0) is 12.5 Å². The zero-order chi connectivity index (χ0) is 13.5. The van der Waals surface area contributed by atoms with Gasteiger partial charge in [0.15, 0.2) is 0 Å². The van der Waals surface area contributed by atoms with E-state index in [1.807, 2.05) is 0 Å².